The summed E-state index contributed by atoms with van der Waals surface area (Å²) in [4.78, 5) is 16.7. The number of hydrogen-bond donors (Lipinski definition) is 0. The molecule has 2 aromatic rings. The van der Waals surface area contributed by atoms with Crippen molar-refractivity contribution in [3.63, 3.8) is 0 Å². The van der Waals surface area contributed by atoms with Crippen LogP contribution in [-0.2, 0) is 22.1 Å². The third-order valence-corrected chi connectivity index (χ3v) is 6.26. The van der Waals surface area contributed by atoms with Gasteiger partial charge in [-0.15, -0.1) is 0 Å². The number of morpholine rings is 1. The Labute approximate surface area is 206 Å². The van der Waals surface area contributed by atoms with E-state index in [4.69, 9.17) is 25.8 Å². The summed E-state index contributed by atoms with van der Waals surface area (Å²) in [6.45, 7) is 4.69. The van der Waals surface area contributed by atoms with Gasteiger partial charge >= 0.3 is 6.18 Å². The van der Waals surface area contributed by atoms with E-state index in [2.05, 4.69) is 4.90 Å². The van der Waals surface area contributed by atoms with Crippen molar-refractivity contribution >= 4 is 29.3 Å². The molecule has 1 amide bonds. The minimum atomic E-state index is -4.59. The number of fused-ring (bicyclic) bond motifs is 1. The molecule has 0 atom stereocenters. The Balaban J connectivity index is 1.49. The van der Waals surface area contributed by atoms with Crippen LogP contribution in [0, 0.1) is 0 Å². The van der Waals surface area contributed by atoms with Crippen molar-refractivity contribution in [1.82, 2.24) is 4.90 Å². The average molecular weight is 511 g/mol. The van der Waals surface area contributed by atoms with Gasteiger partial charge in [0.2, 0.25) is 0 Å². The quantitative estimate of drug-likeness (QED) is 0.506. The van der Waals surface area contributed by atoms with Crippen molar-refractivity contribution in [3.8, 4) is 11.5 Å². The van der Waals surface area contributed by atoms with Gasteiger partial charge in [-0.05, 0) is 41.8 Å². The van der Waals surface area contributed by atoms with Crippen LogP contribution in [0.15, 0.2) is 36.4 Å². The third-order valence-electron chi connectivity index (χ3n) is 6.02. The number of alkyl halides is 3. The predicted molar refractivity (Wildman–Crippen MR) is 127 cm³/mol. The molecule has 0 radical (unpaired) electrons. The van der Waals surface area contributed by atoms with Gasteiger partial charge in [-0.3, -0.25) is 9.69 Å². The monoisotopic (exact) mass is 510 g/mol. The molecule has 0 bridgehead atoms. The number of amides is 1. The molecule has 0 unspecified atom stereocenters. The molecular formula is C25H26ClF3N2O4. The zero-order valence-electron chi connectivity index (χ0n) is 19.2. The number of benzene rings is 2. The molecule has 4 rings (SSSR count). The topological polar surface area (TPSA) is 51.2 Å². The minimum Gasteiger partial charge on any atom is -0.493 e. The van der Waals surface area contributed by atoms with Gasteiger partial charge in [0.25, 0.3) is 5.91 Å². The number of anilines is 1. The fraction of sp³-hybridized carbons (Fsp3) is 0.400. The summed E-state index contributed by atoms with van der Waals surface area (Å²) >= 11 is 5.74. The van der Waals surface area contributed by atoms with Gasteiger partial charge in [0.15, 0.2) is 11.5 Å². The van der Waals surface area contributed by atoms with E-state index in [1.165, 1.54) is 23.1 Å². The van der Waals surface area contributed by atoms with Gasteiger partial charge in [0.05, 0.1) is 31.6 Å². The first-order valence-electron chi connectivity index (χ1n) is 11.3. The van der Waals surface area contributed by atoms with Crippen LogP contribution in [0.2, 0.25) is 5.02 Å². The van der Waals surface area contributed by atoms with E-state index in [9.17, 15) is 18.0 Å². The molecule has 0 spiro atoms. The van der Waals surface area contributed by atoms with Gasteiger partial charge in [-0.2, -0.15) is 13.2 Å². The van der Waals surface area contributed by atoms with Crippen molar-refractivity contribution < 1.29 is 32.2 Å². The van der Waals surface area contributed by atoms with Crippen molar-refractivity contribution in [2.45, 2.75) is 12.6 Å². The highest BCUT2D eigenvalue weighted by molar-refractivity contribution is 6.30. The number of nitrogens with zero attached hydrogens (tertiary/aromatic N) is 2. The highest BCUT2D eigenvalue weighted by atomic mass is 35.5. The van der Waals surface area contributed by atoms with Crippen molar-refractivity contribution in [2.24, 2.45) is 0 Å². The van der Waals surface area contributed by atoms with E-state index < -0.39 is 17.6 Å². The molecule has 2 aliphatic heterocycles. The Kier molecular flexibility index (Phi) is 7.88. The van der Waals surface area contributed by atoms with Crippen LogP contribution < -0.4 is 14.4 Å². The van der Waals surface area contributed by atoms with Gasteiger partial charge in [-0.25, -0.2) is 0 Å². The Hall–Kier alpha value is -2.75. The zero-order chi connectivity index (χ0) is 25.0. The van der Waals surface area contributed by atoms with E-state index in [0.717, 1.165) is 37.3 Å². The molecule has 2 aromatic carbocycles. The van der Waals surface area contributed by atoms with Gasteiger partial charge < -0.3 is 19.1 Å². The second kappa shape index (κ2) is 10.9. The van der Waals surface area contributed by atoms with Crippen LogP contribution in [0.5, 0.6) is 11.5 Å². The van der Waals surface area contributed by atoms with Crippen molar-refractivity contribution in [2.75, 3.05) is 58.0 Å². The third kappa shape index (κ3) is 6.09. The second-order valence-corrected chi connectivity index (χ2v) is 8.67. The average Bonchev–Trinajstić information content (AvgIpc) is 3.25. The summed E-state index contributed by atoms with van der Waals surface area (Å²) in [5, 5.41) is -0.0237. The molecule has 1 fully saturated rings. The molecule has 0 saturated carbocycles. The second-order valence-electron chi connectivity index (χ2n) is 8.24. The van der Waals surface area contributed by atoms with Crippen LogP contribution in [0.1, 0.15) is 16.7 Å². The molecule has 188 valence electrons. The number of carbonyl (C=O) groups excluding carboxylic acids is 1. The largest absolute Gasteiger partial charge is 0.493 e. The van der Waals surface area contributed by atoms with Crippen LogP contribution in [-0.4, -0.2) is 63.9 Å². The first-order chi connectivity index (χ1) is 16.8. The summed E-state index contributed by atoms with van der Waals surface area (Å²) in [5.41, 5.74) is 0.550. The van der Waals surface area contributed by atoms with Crippen molar-refractivity contribution in [1.29, 1.82) is 0 Å². The molecule has 1 saturated heterocycles. The molecule has 0 aliphatic carbocycles. The normalized spacial score (nSPS) is 16.5. The Bertz CT molecular complexity index is 1100. The van der Waals surface area contributed by atoms with Crippen LogP contribution in [0.3, 0.4) is 0 Å². The number of carbonyl (C=O) groups is 1. The number of halogens is 4. The van der Waals surface area contributed by atoms with E-state index in [0.29, 0.717) is 50.0 Å². The van der Waals surface area contributed by atoms with Crippen LogP contribution in [0.4, 0.5) is 18.9 Å². The van der Waals surface area contributed by atoms with Gasteiger partial charge in [0.1, 0.15) is 6.61 Å². The maximum atomic E-state index is 13.4. The predicted octanol–water partition coefficient (Wildman–Crippen LogP) is 4.68. The fourth-order valence-corrected chi connectivity index (χ4v) is 4.35. The summed E-state index contributed by atoms with van der Waals surface area (Å²) in [6.07, 6.45) is -1.66. The standard InChI is InChI=1S/C25H26ClF3N2O4/c1-33-22-14-18-6-7-31(21(18)16-23(22)35-13-10-30-8-11-34-12-9-30)24(32)5-3-17-2-4-19(26)15-20(17)25(27,28)29/h2-5,14-16H,6-13H2,1H3/b5-3+. The summed E-state index contributed by atoms with van der Waals surface area (Å²) in [7, 11) is 1.56. The molecule has 10 heteroatoms. The Morgan fingerprint density at radius 2 is 1.91 bits per heavy atom. The minimum absolute atomic E-state index is 0.0237. The maximum absolute atomic E-state index is 13.4. The molecule has 6 nitrogen and oxygen atoms in total. The molecular weight excluding hydrogens is 485 g/mol. The summed E-state index contributed by atoms with van der Waals surface area (Å²) in [5.74, 6) is 0.669. The number of hydrogen-bond acceptors (Lipinski definition) is 5. The highest BCUT2D eigenvalue weighted by Gasteiger charge is 2.33. The summed E-state index contributed by atoms with van der Waals surface area (Å²) in [6, 6.07) is 7.06. The molecule has 35 heavy (non-hydrogen) atoms. The summed E-state index contributed by atoms with van der Waals surface area (Å²) < 4.78 is 56.9. The first-order valence-corrected chi connectivity index (χ1v) is 11.6. The SMILES string of the molecule is COc1cc2c(cc1OCCN1CCOCC1)N(C(=O)/C=C/c1ccc(Cl)cc1C(F)(F)F)CC2. The molecule has 0 aromatic heterocycles. The highest BCUT2D eigenvalue weighted by Crippen LogP contribution is 2.39. The Morgan fingerprint density at radius 1 is 1.14 bits per heavy atom. The fourth-order valence-electron chi connectivity index (χ4n) is 4.18. The molecule has 2 aliphatic rings. The van der Waals surface area contributed by atoms with Gasteiger partial charge in [0, 0.05) is 43.3 Å². The Morgan fingerprint density at radius 3 is 2.63 bits per heavy atom. The molecule has 2 heterocycles. The zero-order valence-corrected chi connectivity index (χ0v) is 20.0. The van der Waals surface area contributed by atoms with E-state index in [1.54, 1.807) is 13.2 Å². The smallest absolute Gasteiger partial charge is 0.417 e. The first kappa shape index (κ1) is 25.3. The number of methoxy groups -OCH3 is 1. The van der Waals surface area contributed by atoms with Crippen molar-refractivity contribution in [3.05, 3.63) is 58.1 Å². The number of rotatable bonds is 7. The maximum Gasteiger partial charge on any atom is 0.417 e. The lowest BCUT2D eigenvalue weighted by atomic mass is 10.1. The lowest BCUT2D eigenvalue weighted by Gasteiger charge is -2.26. The lowest BCUT2D eigenvalue weighted by Crippen LogP contribution is -2.38. The molecule has 0 N–H and O–H groups in total. The lowest BCUT2D eigenvalue weighted by molar-refractivity contribution is -0.137. The van der Waals surface area contributed by atoms with E-state index in [1.807, 2.05) is 6.07 Å². The van der Waals surface area contributed by atoms with Gasteiger partial charge in [-0.1, -0.05) is 17.7 Å². The number of ether oxygens (including phenoxy) is 3. The van der Waals surface area contributed by atoms with E-state index >= 15 is 0 Å². The van der Waals surface area contributed by atoms with E-state index in [-0.39, 0.29) is 10.6 Å². The van der Waals surface area contributed by atoms with Crippen LogP contribution in [0.25, 0.3) is 6.08 Å². The van der Waals surface area contributed by atoms with Crippen LogP contribution >= 0.6 is 11.6 Å².